The lowest BCUT2D eigenvalue weighted by Gasteiger charge is -2.45. The molecule has 3 aliphatic carbocycles. The average Bonchev–Trinajstić information content (AvgIpc) is 2.19. The van der Waals surface area contributed by atoms with Gasteiger partial charge in [0.15, 0.2) is 0 Å². The maximum atomic E-state index is 2.46. The van der Waals surface area contributed by atoms with E-state index in [0.29, 0.717) is 10.8 Å². The van der Waals surface area contributed by atoms with Crippen molar-refractivity contribution in [3.05, 3.63) is 176 Å². The predicted octanol–water partition coefficient (Wildman–Crippen LogP) is 27.7. The van der Waals surface area contributed by atoms with Crippen LogP contribution in [-0.4, -0.2) is 0 Å². The Balaban J connectivity index is 0.000000506. The maximum Gasteiger partial charge on any atom is -0.00258 e. The standard InChI is InChI=1S/C15H28.C15H16.C14H22.C12H24.C12H18.C9H12.C8H18.CH4/c2*1-12-3-7-14(8-4-12)11-15-9-5-13(2)6-10-15;1-13(2,3)11-8-7-9-12(10-11)14(4,5)6;1-6-12(5)8-10(2)7-11(3,4)9-12;1-3-7-11-9-5-6-10-12(11)8-4-2;1-7-4-5-8(2)9(3)6-7;1-3-5-7-8-6-4-2;/h12-15H,3-11H2,1-2H3;3-10H,11H2,1-2H3;7-10H,1-6H3;10H,6-9H2,1-5H3;5-6,9-10H,3-4,7-8H2,1-2H3;4-6H,1-3H3;3-8H2,1-2H3;1H4. The highest BCUT2D eigenvalue weighted by molar-refractivity contribution is 5.33. The van der Waals surface area contributed by atoms with Crippen molar-refractivity contribution in [1.82, 2.24) is 0 Å². The number of unbranched alkanes of at least 4 members (excludes halogenated alkanes) is 5. The quantitative estimate of drug-likeness (QED) is 0.0972. The van der Waals surface area contributed by atoms with Crippen molar-refractivity contribution in [2.45, 2.75) is 325 Å². The molecule has 0 bridgehead atoms. The van der Waals surface area contributed by atoms with Crippen molar-refractivity contribution in [1.29, 1.82) is 0 Å². The summed E-state index contributed by atoms with van der Waals surface area (Å²) in [5.41, 5.74) is 17.2. The summed E-state index contributed by atoms with van der Waals surface area (Å²) < 4.78 is 0. The molecule has 0 aromatic heterocycles. The fourth-order valence-electron chi connectivity index (χ4n) is 13.5. The number of hydrogen-bond acceptors (Lipinski definition) is 0. The van der Waals surface area contributed by atoms with Crippen LogP contribution in [0, 0.1) is 75.0 Å². The Morgan fingerprint density at radius 1 is 0.419 bits per heavy atom. The summed E-state index contributed by atoms with van der Waals surface area (Å²) in [6.45, 7) is 50.1. The van der Waals surface area contributed by atoms with E-state index in [2.05, 4.69) is 268 Å². The van der Waals surface area contributed by atoms with Crippen LogP contribution in [0.4, 0.5) is 0 Å². The first-order valence-electron chi connectivity index (χ1n) is 35.4. The average molecular weight is 1180 g/mol. The molecule has 0 saturated heterocycles. The van der Waals surface area contributed by atoms with Crippen molar-refractivity contribution in [2.75, 3.05) is 0 Å². The van der Waals surface area contributed by atoms with Crippen LogP contribution in [0.3, 0.4) is 0 Å². The second-order valence-corrected chi connectivity index (χ2v) is 31.0. The van der Waals surface area contributed by atoms with E-state index in [1.54, 1.807) is 17.5 Å². The Hall–Kier alpha value is -3.90. The van der Waals surface area contributed by atoms with Crippen LogP contribution >= 0.6 is 0 Å². The van der Waals surface area contributed by atoms with E-state index in [1.807, 2.05) is 0 Å². The molecule has 0 heterocycles. The summed E-state index contributed by atoms with van der Waals surface area (Å²) in [6, 6.07) is 41.7. The minimum Gasteiger partial charge on any atom is -0.0776 e. The molecule has 0 aliphatic heterocycles. The zero-order valence-corrected chi connectivity index (χ0v) is 60.3. The van der Waals surface area contributed by atoms with Crippen molar-refractivity contribution < 1.29 is 0 Å². The Kier molecular flexibility index (Phi) is 39.3. The number of rotatable bonds is 14. The molecule has 0 heteroatoms. The van der Waals surface area contributed by atoms with Gasteiger partial charge in [0.25, 0.3) is 0 Å². The van der Waals surface area contributed by atoms with Gasteiger partial charge in [0.1, 0.15) is 0 Å². The zero-order chi connectivity index (χ0) is 63.6. The molecule has 0 spiro atoms. The molecule has 0 radical (unpaired) electrons. The fourth-order valence-corrected chi connectivity index (χ4v) is 13.5. The maximum absolute atomic E-state index is 2.46. The Labute approximate surface area is 538 Å². The van der Waals surface area contributed by atoms with Crippen molar-refractivity contribution in [3.8, 4) is 0 Å². The van der Waals surface area contributed by atoms with E-state index in [0.717, 1.165) is 36.0 Å². The minimum atomic E-state index is 0. The van der Waals surface area contributed by atoms with Crippen molar-refractivity contribution in [3.63, 3.8) is 0 Å². The SMILES string of the molecule is C.CC(C)(C)c1cccc(C(C)(C)C)c1.CC1CCC(CC2CCC(C)CC2)CC1.CCC1(C)CC(C)CC(C)(C)C1.CCCCCCCC.CCCc1ccccc1CCC.Cc1ccc(C)c(C)c1.Cc1ccc(Cc2ccc(C)cc2)cc1. The first-order chi connectivity index (χ1) is 40.0. The molecular formula is C86H142. The summed E-state index contributed by atoms with van der Waals surface area (Å²) in [5, 5.41) is 0. The molecule has 8 rings (SSSR count). The van der Waals surface area contributed by atoms with Gasteiger partial charge in [0.05, 0.1) is 0 Å². The largest absolute Gasteiger partial charge is 0.0776 e. The fraction of sp³-hybridized carbons (Fsp3) is 0.651. The van der Waals surface area contributed by atoms with E-state index in [1.165, 1.54) is 191 Å². The minimum absolute atomic E-state index is 0. The third-order valence-electron chi connectivity index (χ3n) is 19.0. The van der Waals surface area contributed by atoms with Crippen LogP contribution in [0.25, 0.3) is 0 Å². The van der Waals surface area contributed by atoms with Gasteiger partial charge in [-0.1, -0.05) is 366 Å². The molecule has 5 aromatic rings. The van der Waals surface area contributed by atoms with Gasteiger partial charge in [-0.3, -0.25) is 0 Å². The third kappa shape index (κ3) is 34.7. The molecule has 3 fully saturated rings. The van der Waals surface area contributed by atoms with Crippen molar-refractivity contribution >= 4 is 0 Å². The lowest BCUT2D eigenvalue weighted by atomic mass is 9.60. The lowest BCUT2D eigenvalue weighted by Crippen LogP contribution is -2.34. The van der Waals surface area contributed by atoms with Crippen LogP contribution in [0.2, 0.25) is 0 Å². The van der Waals surface area contributed by atoms with E-state index in [-0.39, 0.29) is 18.3 Å². The van der Waals surface area contributed by atoms with Gasteiger partial charge in [-0.15, -0.1) is 0 Å². The molecule has 2 atom stereocenters. The van der Waals surface area contributed by atoms with Gasteiger partial charge in [0.2, 0.25) is 0 Å². The summed E-state index contributed by atoms with van der Waals surface area (Å²) in [4.78, 5) is 0. The van der Waals surface area contributed by atoms with Gasteiger partial charge >= 0.3 is 0 Å². The molecule has 486 valence electrons. The van der Waals surface area contributed by atoms with Crippen LogP contribution in [0.1, 0.15) is 321 Å². The predicted molar refractivity (Wildman–Crippen MR) is 392 cm³/mol. The highest BCUT2D eigenvalue weighted by Gasteiger charge is 2.38. The van der Waals surface area contributed by atoms with Crippen LogP contribution in [0.15, 0.2) is 115 Å². The topological polar surface area (TPSA) is 0 Å². The van der Waals surface area contributed by atoms with Gasteiger partial charge in [0, 0.05) is 0 Å². The highest BCUT2D eigenvalue weighted by atomic mass is 14.4. The summed E-state index contributed by atoms with van der Waals surface area (Å²) in [5.74, 6) is 5.16. The third-order valence-corrected chi connectivity index (χ3v) is 19.0. The van der Waals surface area contributed by atoms with Crippen LogP contribution in [-0.2, 0) is 30.1 Å². The number of hydrogen-bond donors (Lipinski definition) is 0. The molecule has 0 amide bonds. The van der Waals surface area contributed by atoms with Crippen LogP contribution in [0.5, 0.6) is 0 Å². The van der Waals surface area contributed by atoms with E-state index in [4.69, 9.17) is 0 Å². The van der Waals surface area contributed by atoms with E-state index < -0.39 is 0 Å². The van der Waals surface area contributed by atoms with Gasteiger partial charge in [-0.05, 0) is 175 Å². The first-order valence-corrected chi connectivity index (χ1v) is 35.4. The summed E-state index contributed by atoms with van der Waals surface area (Å²) in [6.07, 6.45) is 33.8. The Morgan fingerprint density at radius 2 is 0.826 bits per heavy atom. The Morgan fingerprint density at radius 3 is 1.16 bits per heavy atom. The lowest BCUT2D eigenvalue weighted by molar-refractivity contribution is 0.0581. The summed E-state index contributed by atoms with van der Waals surface area (Å²) >= 11 is 0. The molecule has 3 aliphatic rings. The van der Waals surface area contributed by atoms with Crippen LogP contribution < -0.4 is 0 Å². The van der Waals surface area contributed by atoms with E-state index >= 15 is 0 Å². The first kappa shape index (κ1) is 80.1. The molecule has 86 heavy (non-hydrogen) atoms. The summed E-state index contributed by atoms with van der Waals surface area (Å²) in [7, 11) is 0. The van der Waals surface area contributed by atoms with Crippen molar-refractivity contribution in [2.24, 2.45) is 40.4 Å². The van der Waals surface area contributed by atoms with E-state index in [9.17, 15) is 0 Å². The van der Waals surface area contributed by atoms with Gasteiger partial charge < -0.3 is 0 Å². The van der Waals surface area contributed by atoms with Gasteiger partial charge in [-0.2, -0.15) is 0 Å². The molecule has 0 nitrogen and oxygen atoms in total. The second kappa shape index (κ2) is 42.2. The molecule has 5 aromatic carbocycles. The van der Waals surface area contributed by atoms with Gasteiger partial charge in [-0.25, -0.2) is 0 Å². The monoisotopic (exact) mass is 1180 g/mol. The second-order valence-electron chi connectivity index (χ2n) is 31.0. The molecule has 2 unspecified atom stereocenters. The Bertz CT molecular complexity index is 2320. The highest BCUT2D eigenvalue weighted by Crippen LogP contribution is 2.50. The smallest absolute Gasteiger partial charge is 0.00258 e. The number of aryl methyl sites for hydroxylation is 7. The molecule has 3 saturated carbocycles. The number of benzene rings is 5. The molecule has 0 N–H and O–H groups in total. The normalized spacial score (nSPS) is 20.5. The zero-order valence-electron chi connectivity index (χ0n) is 60.3. The molecular weight excluding hydrogens is 1030 g/mol.